The molecule has 1 N–H and O–H groups in total. The molecule has 0 saturated carbocycles. The number of carbonyl (C=O) groups is 2. The van der Waals surface area contributed by atoms with Gasteiger partial charge in [-0.25, -0.2) is 0 Å². The summed E-state index contributed by atoms with van der Waals surface area (Å²) in [6.45, 7) is 5.38. The topological polar surface area (TPSA) is 49.4 Å². The predicted octanol–water partition coefficient (Wildman–Crippen LogP) is 2.52. The highest BCUT2D eigenvalue weighted by Gasteiger charge is 2.34. The van der Waals surface area contributed by atoms with E-state index in [1.807, 2.05) is 24.3 Å². The molecule has 4 heteroatoms. The first-order valence-electron chi connectivity index (χ1n) is 7.82. The van der Waals surface area contributed by atoms with Gasteiger partial charge in [0.05, 0.1) is 5.92 Å². The van der Waals surface area contributed by atoms with Gasteiger partial charge in [-0.15, -0.1) is 0 Å². The zero-order chi connectivity index (χ0) is 15.2. The number of unbranched alkanes of at least 4 members (excludes halogenated alkanes) is 1. The largest absolute Gasteiger partial charge is 0.356 e. The van der Waals surface area contributed by atoms with Crippen molar-refractivity contribution in [3.8, 4) is 0 Å². The fourth-order valence-corrected chi connectivity index (χ4v) is 2.58. The lowest BCUT2D eigenvalue weighted by atomic mass is 10.1. The fourth-order valence-electron chi connectivity index (χ4n) is 2.58. The maximum absolute atomic E-state index is 12.1. The molecule has 2 amide bonds. The Morgan fingerprint density at radius 1 is 1.29 bits per heavy atom. The molecular formula is C17H24N2O2. The molecule has 0 aliphatic carbocycles. The zero-order valence-corrected chi connectivity index (χ0v) is 12.9. The van der Waals surface area contributed by atoms with E-state index in [9.17, 15) is 9.59 Å². The number of hydrogen-bond donors (Lipinski definition) is 1. The van der Waals surface area contributed by atoms with Crippen LogP contribution in [0.4, 0.5) is 5.69 Å². The second-order valence-electron chi connectivity index (χ2n) is 5.57. The minimum Gasteiger partial charge on any atom is -0.356 e. The van der Waals surface area contributed by atoms with E-state index in [1.54, 1.807) is 4.90 Å². The Hall–Kier alpha value is -1.84. The van der Waals surface area contributed by atoms with E-state index in [0.717, 1.165) is 24.9 Å². The quantitative estimate of drug-likeness (QED) is 0.818. The summed E-state index contributed by atoms with van der Waals surface area (Å²) in [6, 6.07) is 8.01. The van der Waals surface area contributed by atoms with Gasteiger partial charge in [0.15, 0.2) is 0 Å². The van der Waals surface area contributed by atoms with Crippen LogP contribution in [0.2, 0.25) is 0 Å². The molecule has 0 spiro atoms. The molecule has 0 radical (unpaired) electrons. The van der Waals surface area contributed by atoms with E-state index < -0.39 is 0 Å². The number of aryl methyl sites for hydroxylation is 1. The number of carbonyl (C=O) groups excluding carboxylic acids is 2. The average molecular weight is 288 g/mol. The van der Waals surface area contributed by atoms with Gasteiger partial charge in [0.1, 0.15) is 0 Å². The van der Waals surface area contributed by atoms with Crippen LogP contribution in [0.1, 0.15) is 38.7 Å². The minimum atomic E-state index is -0.222. The van der Waals surface area contributed by atoms with Crippen LogP contribution in [-0.2, 0) is 16.0 Å². The maximum atomic E-state index is 12.1. The monoisotopic (exact) mass is 288 g/mol. The lowest BCUT2D eigenvalue weighted by molar-refractivity contribution is -0.126. The number of amides is 2. The summed E-state index contributed by atoms with van der Waals surface area (Å²) in [7, 11) is 0. The van der Waals surface area contributed by atoms with Crippen LogP contribution < -0.4 is 10.2 Å². The number of benzene rings is 1. The van der Waals surface area contributed by atoms with Crippen molar-refractivity contribution in [1.82, 2.24) is 5.32 Å². The molecule has 0 aromatic heterocycles. The summed E-state index contributed by atoms with van der Waals surface area (Å²) in [5.74, 6) is -0.181. The van der Waals surface area contributed by atoms with Crippen molar-refractivity contribution < 1.29 is 9.59 Å². The average Bonchev–Trinajstić information content (AvgIpc) is 2.89. The Kier molecular flexibility index (Phi) is 5.37. The summed E-state index contributed by atoms with van der Waals surface area (Å²) in [6.07, 6.45) is 3.33. The third kappa shape index (κ3) is 3.84. The van der Waals surface area contributed by atoms with Gasteiger partial charge in [-0.2, -0.15) is 0 Å². The Balaban J connectivity index is 1.96. The second kappa shape index (κ2) is 7.25. The van der Waals surface area contributed by atoms with Crippen molar-refractivity contribution in [2.24, 2.45) is 5.92 Å². The highest BCUT2D eigenvalue weighted by molar-refractivity contribution is 6.00. The molecule has 1 heterocycles. The molecule has 0 bridgehead atoms. The van der Waals surface area contributed by atoms with E-state index >= 15 is 0 Å². The molecular weight excluding hydrogens is 264 g/mol. The summed E-state index contributed by atoms with van der Waals surface area (Å²) in [5, 5.41) is 2.92. The molecule has 4 nitrogen and oxygen atoms in total. The molecule has 1 aliphatic rings. The van der Waals surface area contributed by atoms with Crippen molar-refractivity contribution in [3.63, 3.8) is 0 Å². The van der Waals surface area contributed by atoms with Gasteiger partial charge in [0.2, 0.25) is 11.8 Å². The van der Waals surface area contributed by atoms with Gasteiger partial charge < -0.3 is 10.2 Å². The van der Waals surface area contributed by atoms with Crippen molar-refractivity contribution in [3.05, 3.63) is 29.8 Å². The van der Waals surface area contributed by atoms with Gasteiger partial charge in [-0.1, -0.05) is 32.4 Å². The normalized spacial score (nSPS) is 18.1. The van der Waals surface area contributed by atoms with E-state index in [-0.39, 0.29) is 17.7 Å². The highest BCUT2D eigenvalue weighted by atomic mass is 16.2. The Labute approximate surface area is 126 Å². The first-order valence-corrected chi connectivity index (χ1v) is 7.82. The Morgan fingerprint density at radius 2 is 2.00 bits per heavy atom. The number of anilines is 1. The van der Waals surface area contributed by atoms with Crippen LogP contribution in [0.5, 0.6) is 0 Å². The summed E-state index contributed by atoms with van der Waals surface area (Å²) in [5.41, 5.74) is 2.14. The van der Waals surface area contributed by atoms with Crippen molar-refractivity contribution >= 4 is 17.5 Å². The molecule has 2 rings (SSSR count). The first kappa shape index (κ1) is 15.5. The number of nitrogens with zero attached hydrogens (tertiary/aromatic N) is 1. The first-order chi connectivity index (χ1) is 10.2. The van der Waals surface area contributed by atoms with E-state index in [4.69, 9.17) is 0 Å². The SMILES string of the molecule is CCCCNC(=O)C1CC(=O)N(c2ccc(CC)cc2)C1. The van der Waals surface area contributed by atoms with E-state index in [2.05, 4.69) is 19.2 Å². The molecule has 1 aliphatic heterocycles. The fraction of sp³-hybridized carbons (Fsp3) is 0.529. The third-order valence-electron chi connectivity index (χ3n) is 3.98. The molecule has 1 saturated heterocycles. The number of rotatable bonds is 6. The summed E-state index contributed by atoms with van der Waals surface area (Å²) >= 11 is 0. The predicted molar refractivity (Wildman–Crippen MR) is 84.2 cm³/mol. The molecule has 1 unspecified atom stereocenters. The highest BCUT2D eigenvalue weighted by Crippen LogP contribution is 2.25. The Morgan fingerprint density at radius 3 is 2.62 bits per heavy atom. The number of nitrogens with one attached hydrogen (secondary N) is 1. The molecule has 1 atom stereocenters. The van der Waals surface area contributed by atoms with Gasteiger partial charge in [-0.05, 0) is 30.5 Å². The maximum Gasteiger partial charge on any atom is 0.227 e. The molecule has 21 heavy (non-hydrogen) atoms. The zero-order valence-electron chi connectivity index (χ0n) is 12.9. The third-order valence-corrected chi connectivity index (χ3v) is 3.98. The van der Waals surface area contributed by atoms with Gasteiger partial charge in [0.25, 0.3) is 0 Å². The van der Waals surface area contributed by atoms with Crippen LogP contribution in [-0.4, -0.2) is 24.9 Å². The number of hydrogen-bond acceptors (Lipinski definition) is 2. The van der Waals surface area contributed by atoms with Crippen LogP contribution in [0.3, 0.4) is 0 Å². The van der Waals surface area contributed by atoms with Crippen LogP contribution >= 0.6 is 0 Å². The van der Waals surface area contributed by atoms with E-state index in [0.29, 0.717) is 19.5 Å². The van der Waals surface area contributed by atoms with Gasteiger partial charge >= 0.3 is 0 Å². The lowest BCUT2D eigenvalue weighted by Gasteiger charge is -2.17. The summed E-state index contributed by atoms with van der Waals surface area (Å²) < 4.78 is 0. The molecule has 114 valence electrons. The Bertz CT molecular complexity index is 496. The van der Waals surface area contributed by atoms with Crippen molar-refractivity contribution in [1.29, 1.82) is 0 Å². The van der Waals surface area contributed by atoms with Crippen LogP contribution in [0.25, 0.3) is 0 Å². The van der Waals surface area contributed by atoms with Crippen molar-refractivity contribution in [2.75, 3.05) is 18.0 Å². The summed E-state index contributed by atoms with van der Waals surface area (Å²) in [4.78, 5) is 25.9. The molecule has 1 aromatic carbocycles. The molecule has 1 aromatic rings. The van der Waals surface area contributed by atoms with Crippen LogP contribution in [0.15, 0.2) is 24.3 Å². The standard InChI is InChI=1S/C17H24N2O2/c1-3-5-10-18-17(21)14-11-16(20)19(12-14)15-8-6-13(4-2)7-9-15/h6-9,14H,3-5,10-12H2,1-2H3,(H,18,21). The minimum absolute atomic E-state index is 0.00415. The smallest absolute Gasteiger partial charge is 0.227 e. The van der Waals surface area contributed by atoms with Gasteiger partial charge in [0, 0.05) is 25.2 Å². The van der Waals surface area contributed by atoms with Crippen molar-refractivity contribution in [2.45, 2.75) is 39.5 Å². The van der Waals surface area contributed by atoms with Crippen LogP contribution in [0, 0.1) is 5.92 Å². The lowest BCUT2D eigenvalue weighted by Crippen LogP contribution is -2.33. The van der Waals surface area contributed by atoms with E-state index in [1.165, 1.54) is 5.56 Å². The second-order valence-corrected chi connectivity index (χ2v) is 5.57. The molecule has 1 fully saturated rings. The van der Waals surface area contributed by atoms with Gasteiger partial charge in [-0.3, -0.25) is 9.59 Å².